The lowest BCUT2D eigenvalue weighted by atomic mass is 10.2. The zero-order valence-electron chi connectivity index (χ0n) is 14.6. The second-order valence-corrected chi connectivity index (χ2v) is 5.68. The monoisotopic (exact) mass is 363 g/mol. The van der Waals surface area contributed by atoms with Crippen LogP contribution in [0.2, 0.25) is 0 Å². The summed E-state index contributed by atoms with van der Waals surface area (Å²) in [4.78, 5) is 49.8. The highest BCUT2D eigenvalue weighted by atomic mass is 16.6. The van der Waals surface area contributed by atoms with Gasteiger partial charge < -0.3 is 19.7 Å². The van der Waals surface area contributed by atoms with Crippen LogP contribution in [-0.2, 0) is 25.7 Å². The molecule has 1 aliphatic rings. The molecule has 0 aliphatic carbocycles. The largest absolute Gasteiger partial charge is 0.467 e. The van der Waals surface area contributed by atoms with Crippen LogP contribution >= 0.6 is 0 Å². The van der Waals surface area contributed by atoms with Gasteiger partial charge in [0.15, 0.2) is 0 Å². The zero-order chi connectivity index (χ0) is 19.1. The van der Waals surface area contributed by atoms with Gasteiger partial charge in [-0.15, -0.1) is 0 Å². The van der Waals surface area contributed by atoms with Gasteiger partial charge in [0.25, 0.3) is 0 Å². The average molecular weight is 363 g/mol. The summed E-state index contributed by atoms with van der Waals surface area (Å²) < 4.78 is 9.75. The number of imide groups is 1. The van der Waals surface area contributed by atoms with Crippen molar-refractivity contribution in [2.45, 2.75) is 19.6 Å². The molecule has 1 saturated heterocycles. The Morgan fingerprint density at radius 3 is 2.46 bits per heavy atom. The molecule has 1 atom stereocenters. The van der Waals surface area contributed by atoms with Crippen molar-refractivity contribution >= 4 is 24.0 Å². The van der Waals surface area contributed by atoms with Gasteiger partial charge in [-0.3, -0.25) is 9.69 Å². The van der Waals surface area contributed by atoms with Gasteiger partial charge in [-0.1, -0.05) is 30.3 Å². The Kier molecular flexibility index (Phi) is 6.54. The summed E-state index contributed by atoms with van der Waals surface area (Å²) >= 11 is 0. The smallest absolute Gasteiger partial charge is 0.408 e. The summed E-state index contributed by atoms with van der Waals surface area (Å²) in [6.07, 6.45) is -0.806. The van der Waals surface area contributed by atoms with Gasteiger partial charge in [0.1, 0.15) is 12.6 Å². The van der Waals surface area contributed by atoms with Gasteiger partial charge >= 0.3 is 18.1 Å². The highest BCUT2D eigenvalue weighted by molar-refractivity contribution is 5.95. The second-order valence-electron chi connectivity index (χ2n) is 5.68. The van der Waals surface area contributed by atoms with Crippen molar-refractivity contribution in [3.8, 4) is 0 Å². The van der Waals surface area contributed by atoms with Crippen LogP contribution < -0.4 is 5.32 Å². The Bertz CT molecular complexity index is 678. The van der Waals surface area contributed by atoms with Gasteiger partial charge in [0.05, 0.1) is 13.7 Å². The lowest BCUT2D eigenvalue weighted by Gasteiger charge is -2.22. The van der Waals surface area contributed by atoms with Gasteiger partial charge in [0.2, 0.25) is 5.91 Å². The molecular formula is C17H21N3O6. The van der Waals surface area contributed by atoms with E-state index in [-0.39, 0.29) is 32.1 Å². The number of alkyl carbamates (subject to hydrolysis) is 1. The van der Waals surface area contributed by atoms with Gasteiger partial charge in [-0.05, 0) is 5.56 Å². The zero-order valence-corrected chi connectivity index (χ0v) is 14.6. The lowest BCUT2D eigenvalue weighted by Crippen LogP contribution is -2.50. The number of benzene rings is 1. The molecule has 4 amide bonds. The molecule has 1 aliphatic heterocycles. The third-order valence-electron chi connectivity index (χ3n) is 3.87. The SMILES string of the molecule is COC(=O)[C@H](CN1CCN(C(C)=O)C1=O)NC(=O)OCc1ccccc1. The molecule has 0 aromatic heterocycles. The van der Waals surface area contributed by atoms with E-state index in [0.717, 1.165) is 10.5 Å². The number of amides is 4. The number of methoxy groups -OCH3 is 1. The average Bonchev–Trinajstić information content (AvgIpc) is 3.00. The van der Waals surface area contributed by atoms with Crippen molar-refractivity contribution in [1.29, 1.82) is 0 Å². The number of nitrogens with one attached hydrogen (secondary N) is 1. The van der Waals surface area contributed by atoms with E-state index in [4.69, 9.17) is 4.74 Å². The van der Waals surface area contributed by atoms with E-state index in [9.17, 15) is 19.2 Å². The summed E-state index contributed by atoms with van der Waals surface area (Å²) in [7, 11) is 1.18. The summed E-state index contributed by atoms with van der Waals surface area (Å²) in [5.74, 6) is -1.09. The van der Waals surface area contributed by atoms with E-state index in [1.54, 1.807) is 12.1 Å². The molecular weight excluding hydrogens is 342 g/mol. The molecule has 0 bridgehead atoms. The normalized spacial score (nSPS) is 14.8. The van der Waals surface area contributed by atoms with E-state index < -0.39 is 24.1 Å². The van der Waals surface area contributed by atoms with Crippen LogP contribution in [-0.4, -0.2) is 66.6 Å². The number of carbonyl (C=O) groups excluding carboxylic acids is 4. The molecule has 26 heavy (non-hydrogen) atoms. The van der Waals surface area contributed by atoms with E-state index in [1.807, 2.05) is 18.2 Å². The van der Waals surface area contributed by atoms with E-state index in [2.05, 4.69) is 10.1 Å². The molecule has 9 heteroatoms. The quantitative estimate of drug-likeness (QED) is 0.748. The molecule has 0 spiro atoms. The number of rotatable bonds is 6. The first-order valence-corrected chi connectivity index (χ1v) is 8.04. The van der Waals surface area contributed by atoms with E-state index >= 15 is 0 Å². The fourth-order valence-corrected chi connectivity index (χ4v) is 2.49. The number of hydrogen-bond acceptors (Lipinski definition) is 6. The molecule has 2 rings (SSSR count). The van der Waals surface area contributed by atoms with Gasteiger partial charge in [-0.25, -0.2) is 14.4 Å². The summed E-state index contributed by atoms with van der Waals surface area (Å²) in [5, 5.41) is 2.40. The molecule has 1 N–H and O–H groups in total. The predicted octanol–water partition coefficient (Wildman–Crippen LogP) is 0.738. The fraction of sp³-hybridized carbons (Fsp3) is 0.412. The van der Waals surface area contributed by atoms with Crippen molar-refractivity contribution in [1.82, 2.24) is 15.1 Å². The topological polar surface area (TPSA) is 105 Å². The number of hydrogen-bond donors (Lipinski definition) is 1. The number of urea groups is 1. The molecule has 1 fully saturated rings. The van der Waals surface area contributed by atoms with Crippen LogP contribution in [0.3, 0.4) is 0 Å². The third kappa shape index (κ3) is 4.95. The van der Waals surface area contributed by atoms with Crippen LogP contribution in [0.1, 0.15) is 12.5 Å². The van der Waals surface area contributed by atoms with Gasteiger partial charge in [0, 0.05) is 20.0 Å². The number of carbonyl (C=O) groups is 4. The molecule has 1 aromatic rings. The van der Waals surface area contributed by atoms with Crippen LogP contribution in [0.25, 0.3) is 0 Å². The summed E-state index contributed by atoms with van der Waals surface area (Å²) in [6, 6.07) is 7.45. The molecule has 0 radical (unpaired) electrons. The first-order chi connectivity index (χ1) is 12.4. The van der Waals surface area contributed by atoms with Crippen LogP contribution in [0.4, 0.5) is 9.59 Å². The Balaban J connectivity index is 1.93. The number of ether oxygens (including phenoxy) is 2. The van der Waals surface area contributed by atoms with Crippen molar-refractivity contribution in [3.05, 3.63) is 35.9 Å². The molecule has 1 aromatic carbocycles. The third-order valence-corrected chi connectivity index (χ3v) is 3.87. The molecule has 1 heterocycles. The second kappa shape index (κ2) is 8.84. The van der Waals surface area contributed by atoms with Gasteiger partial charge in [-0.2, -0.15) is 0 Å². The maximum Gasteiger partial charge on any atom is 0.408 e. The Labute approximate surface area is 150 Å². The minimum absolute atomic E-state index is 0.0430. The molecule has 140 valence electrons. The summed E-state index contributed by atoms with van der Waals surface area (Å²) in [6.45, 7) is 1.72. The highest BCUT2D eigenvalue weighted by Gasteiger charge is 2.35. The maximum absolute atomic E-state index is 12.1. The van der Waals surface area contributed by atoms with Crippen LogP contribution in [0.15, 0.2) is 30.3 Å². The number of esters is 1. The summed E-state index contributed by atoms with van der Waals surface area (Å²) in [5.41, 5.74) is 0.795. The number of nitrogens with zero attached hydrogens (tertiary/aromatic N) is 2. The minimum atomic E-state index is -1.10. The maximum atomic E-state index is 12.1. The predicted molar refractivity (Wildman–Crippen MR) is 89.9 cm³/mol. The minimum Gasteiger partial charge on any atom is -0.467 e. The van der Waals surface area contributed by atoms with Crippen LogP contribution in [0.5, 0.6) is 0 Å². The van der Waals surface area contributed by atoms with E-state index in [1.165, 1.54) is 18.9 Å². The van der Waals surface area contributed by atoms with Crippen molar-refractivity contribution in [3.63, 3.8) is 0 Å². The molecule has 9 nitrogen and oxygen atoms in total. The van der Waals surface area contributed by atoms with Crippen molar-refractivity contribution < 1.29 is 28.7 Å². The first kappa shape index (κ1) is 19.2. The Morgan fingerprint density at radius 2 is 1.88 bits per heavy atom. The van der Waals surface area contributed by atoms with E-state index in [0.29, 0.717) is 0 Å². The Hall–Kier alpha value is -3.10. The molecule has 0 unspecified atom stereocenters. The standard InChI is InChI=1S/C17H21N3O6/c1-12(21)20-9-8-19(17(20)24)10-14(15(22)25-2)18-16(23)26-11-13-6-4-3-5-7-13/h3-7,14H,8-11H2,1-2H3,(H,18,23)/t14-/m0/s1. The fourth-order valence-electron chi connectivity index (χ4n) is 2.49. The Morgan fingerprint density at radius 1 is 1.19 bits per heavy atom. The van der Waals surface area contributed by atoms with Crippen molar-refractivity contribution in [2.24, 2.45) is 0 Å². The van der Waals surface area contributed by atoms with Crippen LogP contribution in [0, 0.1) is 0 Å². The lowest BCUT2D eigenvalue weighted by molar-refractivity contribution is -0.143. The molecule has 0 saturated carbocycles. The van der Waals surface area contributed by atoms with Crippen molar-refractivity contribution in [2.75, 3.05) is 26.7 Å². The highest BCUT2D eigenvalue weighted by Crippen LogP contribution is 2.10. The first-order valence-electron chi connectivity index (χ1n) is 8.04.